The molecule has 0 aliphatic carbocycles. The zero-order valence-electron chi connectivity index (χ0n) is 10.3. The molecule has 0 unspecified atom stereocenters. The summed E-state index contributed by atoms with van der Waals surface area (Å²) in [5.41, 5.74) is 4.27. The number of rotatable bonds is 4. The molecular formula is C14H22O. The lowest BCUT2D eigenvalue weighted by Crippen LogP contribution is -2.17. The molecule has 0 fully saturated rings. The van der Waals surface area contributed by atoms with Crippen molar-refractivity contribution >= 4 is 0 Å². The molecule has 15 heavy (non-hydrogen) atoms. The van der Waals surface area contributed by atoms with Crippen LogP contribution in [0.25, 0.3) is 0 Å². The first-order chi connectivity index (χ1) is 6.94. The monoisotopic (exact) mass is 206 g/mol. The number of hydrogen-bond donors (Lipinski definition) is 1. The number of hydrogen-bond acceptors (Lipinski definition) is 1. The van der Waals surface area contributed by atoms with Gasteiger partial charge in [0.05, 0.1) is 0 Å². The van der Waals surface area contributed by atoms with Gasteiger partial charge in [-0.2, -0.15) is 0 Å². The zero-order chi connectivity index (χ0) is 11.5. The van der Waals surface area contributed by atoms with E-state index in [9.17, 15) is 0 Å². The normalized spacial score (nSPS) is 11.8. The van der Waals surface area contributed by atoms with Gasteiger partial charge >= 0.3 is 0 Å². The molecule has 0 aliphatic heterocycles. The Balaban J connectivity index is 2.80. The van der Waals surface area contributed by atoms with Crippen LogP contribution in [0.1, 0.15) is 37.0 Å². The predicted octanol–water partition coefficient (Wildman–Crippen LogP) is 3.25. The van der Waals surface area contributed by atoms with E-state index in [1.165, 1.54) is 16.7 Å². The van der Waals surface area contributed by atoms with Gasteiger partial charge in [0.1, 0.15) is 0 Å². The third-order valence-corrected chi connectivity index (χ3v) is 2.96. The highest BCUT2D eigenvalue weighted by Gasteiger charge is 2.18. The topological polar surface area (TPSA) is 20.2 Å². The molecule has 1 rings (SSSR count). The second-order valence-corrected chi connectivity index (χ2v) is 5.24. The van der Waals surface area contributed by atoms with Crippen LogP contribution >= 0.6 is 0 Å². The fourth-order valence-electron chi connectivity index (χ4n) is 1.95. The van der Waals surface area contributed by atoms with E-state index in [4.69, 9.17) is 5.11 Å². The average Bonchev–Trinajstić information content (AvgIpc) is 2.09. The quantitative estimate of drug-likeness (QED) is 0.801. The van der Waals surface area contributed by atoms with Gasteiger partial charge in [-0.1, -0.05) is 37.6 Å². The van der Waals surface area contributed by atoms with E-state index in [0.717, 1.165) is 12.8 Å². The summed E-state index contributed by atoms with van der Waals surface area (Å²) in [6.07, 6.45) is 1.90. The van der Waals surface area contributed by atoms with Gasteiger partial charge in [-0.3, -0.25) is 0 Å². The molecule has 84 valence electrons. The fraction of sp³-hybridized carbons (Fsp3) is 0.571. The van der Waals surface area contributed by atoms with E-state index in [1.54, 1.807) is 0 Å². The van der Waals surface area contributed by atoms with E-state index in [0.29, 0.717) is 0 Å². The summed E-state index contributed by atoms with van der Waals surface area (Å²) < 4.78 is 0. The molecule has 1 aromatic carbocycles. The molecule has 0 radical (unpaired) electrons. The summed E-state index contributed by atoms with van der Waals surface area (Å²) in [5, 5.41) is 8.99. The molecule has 0 amide bonds. The molecule has 1 nitrogen and oxygen atoms in total. The minimum Gasteiger partial charge on any atom is -0.396 e. The van der Waals surface area contributed by atoms with Crippen molar-refractivity contribution in [2.45, 2.75) is 40.5 Å². The van der Waals surface area contributed by atoms with E-state index < -0.39 is 0 Å². The SMILES string of the molecule is Cc1ccc(CC(C)(C)CCO)c(C)c1. The highest BCUT2D eigenvalue weighted by molar-refractivity contribution is 5.31. The van der Waals surface area contributed by atoms with Gasteiger partial charge in [0.25, 0.3) is 0 Å². The number of aryl methyl sites for hydroxylation is 2. The fourth-order valence-corrected chi connectivity index (χ4v) is 1.95. The standard InChI is InChI=1S/C14H22O/c1-11-5-6-13(12(2)9-11)10-14(3,4)7-8-15/h5-6,9,15H,7-8,10H2,1-4H3. The van der Waals surface area contributed by atoms with Crippen molar-refractivity contribution in [1.82, 2.24) is 0 Å². The first-order valence-electron chi connectivity index (χ1n) is 5.61. The van der Waals surface area contributed by atoms with Crippen molar-refractivity contribution in [1.29, 1.82) is 0 Å². The molecule has 1 heteroatoms. The van der Waals surface area contributed by atoms with E-state index >= 15 is 0 Å². The minimum absolute atomic E-state index is 0.189. The Morgan fingerprint density at radius 3 is 2.40 bits per heavy atom. The largest absolute Gasteiger partial charge is 0.396 e. The van der Waals surface area contributed by atoms with Crippen LogP contribution in [0.4, 0.5) is 0 Å². The summed E-state index contributed by atoms with van der Waals surface area (Å²) in [5.74, 6) is 0. The molecule has 0 bridgehead atoms. The molecular weight excluding hydrogens is 184 g/mol. The van der Waals surface area contributed by atoms with Crippen LogP contribution in [-0.2, 0) is 6.42 Å². The minimum atomic E-state index is 0.189. The van der Waals surface area contributed by atoms with Gasteiger partial charge in [0.15, 0.2) is 0 Å². The van der Waals surface area contributed by atoms with Gasteiger partial charge in [0, 0.05) is 6.61 Å². The Kier molecular flexibility index (Phi) is 3.92. The van der Waals surface area contributed by atoms with E-state index in [2.05, 4.69) is 45.9 Å². The lowest BCUT2D eigenvalue weighted by atomic mass is 9.81. The number of benzene rings is 1. The molecule has 0 saturated heterocycles. The second kappa shape index (κ2) is 4.80. The molecule has 0 atom stereocenters. The van der Waals surface area contributed by atoms with Crippen LogP contribution in [0.3, 0.4) is 0 Å². The Labute approximate surface area is 93.1 Å². The Morgan fingerprint density at radius 2 is 1.87 bits per heavy atom. The Bertz CT molecular complexity index is 326. The zero-order valence-corrected chi connectivity index (χ0v) is 10.3. The first kappa shape index (κ1) is 12.3. The summed E-state index contributed by atoms with van der Waals surface area (Å²) in [7, 11) is 0. The van der Waals surface area contributed by atoms with Crippen molar-refractivity contribution in [3.8, 4) is 0 Å². The van der Waals surface area contributed by atoms with Crippen molar-refractivity contribution < 1.29 is 5.11 Å². The Hall–Kier alpha value is -0.820. The van der Waals surface area contributed by atoms with Crippen molar-refractivity contribution in [2.75, 3.05) is 6.61 Å². The van der Waals surface area contributed by atoms with Gasteiger partial charge in [-0.05, 0) is 43.2 Å². The summed E-state index contributed by atoms with van der Waals surface area (Å²) in [4.78, 5) is 0. The van der Waals surface area contributed by atoms with Crippen LogP contribution in [-0.4, -0.2) is 11.7 Å². The second-order valence-electron chi connectivity index (χ2n) is 5.24. The van der Waals surface area contributed by atoms with Gasteiger partial charge in [-0.25, -0.2) is 0 Å². The van der Waals surface area contributed by atoms with E-state index in [-0.39, 0.29) is 12.0 Å². The van der Waals surface area contributed by atoms with Crippen LogP contribution in [0.5, 0.6) is 0 Å². The number of aliphatic hydroxyl groups is 1. The summed E-state index contributed by atoms with van der Waals surface area (Å²) >= 11 is 0. The third-order valence-electron chi connectivity index (χ3n) is 2.96. The molecule has 1 aromatic rings. The van der Waals surface area contributed by atoms with Crippen LogP contribution in [0.2, 0.25) is 0 Å². The Morgan fingerprint density at radius 1 is 1.20 bits per heavy atom. The molecule has 1 N–H and O–H groups in total. The molecule has 0 saturated carbocycles. The highest BCUT2D eigenvalue weighted by Crippen LogP contribution is 2.27. The summed E-state index contributed by atoms with van der Waals surface area (Å²) in [6.45, 7) is 8.98. The maximum absolute atomic E-state index is 8.99. The van der Waals surface area contributed by atoms with E-state index in [1.807, 2.05) is 0 Å². The van der Waals surface area contributed by atoms with Crippen LogP contribution < -0.4 is 0 Å². The lowest BCUT2D eigenvalue weighted by Gasteiger charge is -2.24. The van der Waals surface area contributed by atoms with Crippen LogP contribution in [0, 0.1) is 19.3 Å². The van der Waals surface area contributed by atoms with Crippen molar-refractivity contribution in [3.05, 3.63) is 34.9 Å². The average molecular weight is 206 g/mol. The predicted molar refractivity (Wildman–Crippen MR) is 65.1 cm³/mol. The lowest BCUT2D eigenvalue weighted by molar-refractivity contribution is 0.210. The highest BCUT2D eigenvalue weighted by atomic mass is 16.3. The van der Waals surface area contributed by atoms with Crippen LogP contribution in [0.15, 0.2) is 18.2 Å². The van der Waals surface area contributed by atoms with Crippen molar-refractivity contribution in [2.24, 2.45) is 5.41 Å². The molecule has 0 aliphatic rings. The van der Waals surface area contributed by atoms with Gasteiger partial charge in [0.2, 0.25) is 0 Å². The van der Waals surface area contributed by atoms with Crippen molar-refractivity contribution in [3.63, 3.8) is 0 Å². The molecule has 0 aromatic heterocycles. The molecule has 0 heterocycles. The maximum atomic E-state index is 8.99. The maximum Gasteiger partial charge on any atom is 0.0436 e. The van der Waals surface area contributed by atoms with Gasteiger partial charge < -0.3 is 5.11 Å². The number of aliphatic hydroxyl groups excluding tert-OH is 1. The summed E-state index contributed by atoms with van der Waals surface area (Å²) in [6, 6.07) is 6.60. The molecule has 0 spiro atoms. The third kappa shape index (κ3) is 3.67. The van der Waals surface area contributed by atoms with Gasteiger partial charge in [-0.15, -0.1) is 0 Å². The smallest absolute Gasteiger partial charge is 0.0436 e. The first-order valence-corrected chi connectivity index (χ1v) is 5.61.